The average Bonchev–Trinajstić information content (AvgIpc) is 2.78. The molecule has 0 unspecified atom stereocenters. The fourth-order valence-corrected chi connectivity index (χ4v) is 2.57. The molecule has 102 valence electrons. The summed E-state index contributed by atoms with van der Waals surface area (Å²) < 4.78 is 22.8. The van der Waals surface area contributed by atoms with E-state index in [1.807, 2.05) is 18.2 Å². The molecule has 1 aromatic carbocycles. The van der Waals surface area contributed by atoms with Gasteiger partial charge in [-0.2, -0.15) is 4.68 Å². The Morgan fingerprint density at radius 3 is 2.79 bits per heavy atom. The van der Waals surface area contributed by atoms with E-state index in [1.54, 1.807) is 12.1 Å². The van der Waals surface area contributed by atoms with Gasteiger partial charge in [0.15, 0.2) is 0 Å². The van der Waals surface area contributed by atoms with Gasteiger partial charge < -0.3 is 9.15 Å². The molecular formula is C12H14N2O4S. The Morgan fingerprint density at radius 1 is 1.37 bits per heavy atom. The third-order valence-electron chi connectivity index (χ3n) is 2.41. The Bertz CT molecular complexity index is 606. The van der Waals surface area contributed by atoms with E-state index < -0.39 is 16.6 Å². The molecule has 6 nitrogen and oxygen atoms in total. The highest BCUT2D eigenvalue weighted by molar-refractivity contribution is 7.85. The maximum Gasteiger partial charge on any atom is 0.437 e. The van der Waals surface area contributed by atoms with E-state index in [-0.39, 0.29) is 19.0 Å². The van der Waals surface area contributed by atoms with Crippen molar-refractivity contribution < 1.29 is 13.4 Å². The van der Waals surface area contributed by atoms with Crippen LogP contribution in [0.15, 0.2) is 44.4 Å². The number of nitrogens with zero attached hydrogens (tertiary/aromatic N) is 2. The van der Waals surface area contributed by atoms with Gasteiger partial charge in [-0.15, -0.1) is 5.10 Å². The normalized spacial score (nSPS) is 12.5. The topological polar surface area (TPSA) is 74.3 Å². The van der Waals surface area contributed by atoms with Crippen LogP contribution in [0.25, 0.3) is 0 Å². The van der Waals surface area contributed by atoms with Crippen molar-refractivity contribution in [3.63, 3.8) is 0 Å². The molecule has 0 aliphatic heterocycles. The summed E-state index contributed by atoms with van der Waals surface area (Å²) in [6, 6.07) is 9.09. The van der Waals surface area contributed by atoms with Crippen LogP contribution in [0.1, 0.15) is 5.89 Å². The van der Waals surface area contributed by atoms with E-state index in [1.165, 1.54) is 7.11 Å². The van der Waals surface area contributed by atoms with Crippen molar-refractivity contribution in [2.75, 3.05) is 12.9 Å². The van der Waals surface area contributed by atoms with Crippen LogP contribution in [0.5, 0.6) is 0 Å². The first-order valence-electron chi connectivity index (χ1n) is 5.70. The van der Waals surface area contributed by atoms with Crippen LogP contribution < -0.4 is 5.76 Å². The first-order valence-corrected chi connectivity index (χ1v) is 7.02. The fourth-order valence-electron chi connectivity index (χ4n) is 1.53. The molecule has 1 aromatic heterocycles. The molecule has 0 N–H and O–H groups in total. The van der Waals surface area contributed by atoms with Crippen molar-refractivity contribution in [1.29, 1.82) is 0 Å². The van der Waals surface area contributed by atoms with Gasteiger partial charge in [0.1, 0.15) is 6.61 Å². The molecule has 0 fully saturated rings. The lowest BCUT2D eigenvalue weighted by molar-refractivity contribution is 0.158. The summed E-state index contributed by atoms with van der Waals surface area (Å²) in [7, 11) is 0.330. The first-order chi connectivity index (χ1) is 9.20. The van der Waals surface area contributed by atoms with E-state index >= 15 is 0 Å². The molecule has 0 saturated heterocycles. The van der Waals surface area contributed by atoms with Gasteiger partial charge in [0, 0.05) is 17.8 Å². The molecule has 19 heavy (non-hydrogen) atoms. The monoisotopic (exact) mass is 282 g/mol. The van der Waals surface area contributed by atoms with E-state index in [2.05, 4.69) is 5.10 Å². The minimum atomic E-state index is -1.16. The number of aryl methyl sites for hydroxylation is 1. The molecule has 0 amide bonds. The number of hydrogen-bond donors (Lipinski definition) is 0. The van der Waals surface area contributed by atoms with Crippen LogP contribution in [0.3, 0.4) is 0 Å². The van der Waals surface area contributed by atoms with Crippen LogP contribution in [-0.2, 0) is 28.7 Å². The molecule has 0 saturated carbocycles. The highest BCUT2D eigenvalue weighted by atomic mass is 32.2. The van der Waals surface area contributed by atoms with E-state index in [4.69, 9.17) is 9.15 Å². The van der Waals surface area contributed by atoms with Gasteiger partial charge in [-0.05, 0) is 12.1 Å². The highest BCUT2D eigenvalue weighted by Crippen LogP contribution is 2.05. The molecule has 1 atom stereocenters. The predicted octanol–water partition coefficient (Wildman–Crippen LogP) is 0.791. The third-order valence-corrected chi connectivity index (χ3v) is 3.76. The smallest absolute Gasteiger partial charge is 0.390 e. The first kappa shape index (κ1) is 13.7. The molecule has 0 aliphatic rings. The zero-order chi connectivity index (χ0) is 13.7. The van der Waals surface area contributed by atoms with Crippen molar-refractivity contribution in [1.82, 2.24) is 9.78 Å². The van der Waals surface area contributed by atoms with Gasteiger partial charge in [0.2, 0.25) is 5.89 Å². The average molecular weight is 282 g/mol. The van der Waals surface area contributed by atoms with Crippen LogP contribution in [0.2, 0.25) is 0 Å². The second-order valence-electron chi connectivity index (χ2n) is 3.78. The quantitative estimate of drug-likeness (QED) is 0.783. The van der Waals surface area contributed by atoms with Crippen LogP contribution in [-0.4, -0.2) is 26.9 Å². The summed E-state index contributed by atoms with van der Waals surface area (Å²) >= 11 is 0. The number of methoxy groups -OCH3 is 1. The van der Waals surface area contributed by atoms with Gasteiger partial charge in [-0.1, -0.05) is 18.2 Å². The molecule has 0 radical (unpaired) electrons. The Morgan fingerprint density at radius 2 is 2.11 bits per heavy atom. The van der Waals surface area contributed by atoms with E-state index in [0.29, 0.717) is 5.75 Å². The van der Waals surface area contributed by atoms with Crippen molar-refractivity contribution in [2.24, 2.45) is 0 Å². The molecule has 0 bridgehead atoms. The van der Waals surface area contributed by atoms with Crippen molar-refractivity contribution in [3.05, 3.63) is 46.8 Å². The maximum absolute atomic E-state index is 12.0. The molecular weight excluding hydrogens is 268 g/mol. The van der Waals surface area contributed by atoms with Gasteiger partial charge in [-0.25, -0.2) is 4.79 Å². The standard InChI is InChI=1S/C12H14N2O4S/c1-17-9-11-13-14(12(15)18-11)7-8-19(16)10-5-3-2-4-6-10/h2-6H,7-9H2,1H3/t19-/m1/s1. The lowest BCUT2D eigenvalue weighted by Gasteiger charge is -2.00. The third kappa shape index (κ3) is 3.62. The van der Waals surface area contributed by atoms with Gasteiger partial charge >= 0.3 is 5.76 Å². The highest BCUT2D eigenvalue weighted by Gasteiger charge is 2.09. The van der Waals surface area contributed by atoms with E-state index in [0.717, 1.165) is 9.58 Å². The molecule has 2 aromatic rings. The summed E-state index contributed by atoms with van der Waals surface area (Å²) in [5.41, 5.74) is 0. The Labute approximate surface area is 112 Å². The summed E-state index contributed by atoms with van der Waals surface area (Å²) in [5.74, 6) is -0.0295. The zero-order valence-corrected chi connectivity index (χ0v) is 11.3. The molecule has 0 aliphatic carbocycles. The maximum atomic E-state index is 12.0. The number of rotatable bonds is 6. The summed E-state index contributed by atoms with van der Waals surface area (Å²) in [4.78, 5) is 12.2. The molecule has 0 spiro atoms. The number of aromatic nitrogens is 2. The minimum absolute atomic E-state index is 0.143. The summed E-state index contributed by atoms with van der Waals surface area (Å²) in [6.45, 7) is 0.386. The van der Waals surface area contributed by atoms with E-state index in [9.17, 15) is 9.00 Å². The second-order valence-corrected chi connectivity index (χ2v) is 5.35. The van der Waals surface area contributed by atoms with Crippen molar-refractivity contribution in [2.45, 2.75) is 18.0 Å². The van der Waals surface area contributed by atoms with Gasteiger partial charge in [-0.3, -0.25) is 4.21 Å². The van der Waals surface area contributed by atoms with Crippen molar-refractivity contribution in [3.8, 4) is 0 Å². The summed E-state index contributed by atoms with van der Waals surface area (Å²) in [5, 5.41) is 3.94. The molecule has 2 rings (SSSR count). The van der Waals surface area contributed by atoms with Crippen LogP contribution in [0.4, 0.5) is 0 Å². The Hall–Kier alpha value is -1.73. The second kappa shape index (κ2) is 6.44. The molecule has 1 heterocycles. The number of benzene rings is 1. The Kier molecular flexibility index (Phi) is 4.64. The van der Waals surface area contributed by atoms with Crippen LogP contribution in [0, 0.1) is 0 Å². The number of hydrogen-bond acceptors (Lipinski definition) is 5. The summed E-state index contributed by atoms with van der Waals surface area (Å²) in [6.07, 6.45) is 0. The van der Waals surface area contributed by atoms with Crippen LogP contribution >= 0.6 is 0 Å². The lowest BCUT2D eigenvalue weighted by Crippen LogP contribution is -2.19. The molecule has 7 heteroatoms. The Balaban J connectivity index is 1.99. The largest absolute Gasteiger partial charge is 0.437 e. The van der Waals surface area contributed by atoms with Gasteiger partial charge in [0.05, 0.1) is 17.3 Å². The minimum Gasteiger partial charge on any atom is -0.390 e. The van der Waals surface area contributed by atoms with Gasteiger partial charge in [0.25, 0.3) is 0 Å². The number of ether oxygens (including phenoxy) is 1. The predicted molar refractivity (Wildman–Crippen MR) is 69.2 cm³/mol. The zero-order valence-electron chi connectivity index (χ0n) is 10.4. The lowest BCUT2D eigenvalue weighted by atomic mass is 10.4. The van der Waals surface area contributed by atoms with Crippen molar-refractivity contribution >= 4 is 10.8 Å². The fraction of sp³-hybridized carbons (Fsp3) is 0.333. The SMILES string of the molecule is COCc1nn(CC[S@@](=O)c2ccccc2)c(=O)o1.